The highest BCUT2D eigenvalue weighted by Gasteiger charge is 2.25. The number of carbonyl (C=O) groups excluding carboxylic acids is 1. The largest absolute Gasteiger partial charge is 0.295 e. The van der Waals surface area contributed by atoms with E-state index in [9.17, 15) is 4.79 Å². The van der Waals surface area contributed by atoms with Crippen molar-refractivity contribution >= 4 is 22.4 Å². The number of carbonyl (C=O) groups is 1. The summed E-state index contributed by atoms with van der Waals surface area (Å²) in [7, 11) is 0. The second kappa shape index (κ2) is 8.59. The quantitative estimate of drug-likeness (QED) is 0.748. The zero-order chi connectivity index (χ0) is 17.6. The Morgan fingerprint density at radius 1 is 1.36 bits per heavy atom. The van der Waals surface area contributed by atoms with Crippen LogP contribution in [-0.4, -0.2) is 34.9 Å². The number of amides is 1. The van der Waals surface area contributed by atoms with Crippen molar-refractivity contribution in [2.24, 2.45) is 0 Å². The second-order valence-electron chi connectivity index (χ2n) is 6.68. The van der Waals surface area contributed by atoms with Crippen LogP contribution in [0, 0.1) is 0 Å². The van der Waals surface area contributed by atoms with Gasteiger partial charge in [-0.2, -0.15) is 0 Å². The standard InChI is InChI=1S/C20H27N3OS/c1-3-23(16(2)24)20-21-18(15-25-20)14-22-13-7-10-19(22)12-11-17-8-5-4-6-9-17/h4-6,8-9,15,19H,3,7,10-14H2,1-2H3/t19-/m0/s1. The van der Waals surface area contributed by atoms with Crippen LogP contribution in [0.4, 0.5) is 5.13 Å². The Hall–Kier alpha value is -1.72. The van der Waals surface area contributed by atoms with Gasteiger partial charge in [0.1, 0.15) is 0 Å². The number of thiazole rings is 1. The first kappa shape index (κ1) is 18.1. The van der Waals surface area contributed by atoms with E-state index in [1.54, 1.807) is 23.2 Å². The molecule has 134 valence electrons. The Balaban J connectivity index is 1.58. The van der Waals surface area contributed by atoms with Gasteiger partial charge in [-0.05, 0) is 44.7 Å². The summed E-state index contributed by atoms with van der Waals surface area (Å²) in [5.74, 6) is 0.0605. The molecule has 0 saturated carbocycles. The summed E-state index contributed by atoms with van der Waals surface area (Å²) < 4.78 is 0. The Morgan fingerprint density at radius 3 is 2.88 bits per heavy atom. The predicted molar refractivity (Wildman–Crippen MR) is 104 cm³/mol. The fourth-order valence-corrected chi connectivity index (χ4v) is 4.53. The highest BCUT2D eigenvalue weighted by molar-refractivity contribution is 7.14. The summed E-state index contributed by atoms with van der Waals surface area (Å²) in [6, 6.07) is 11.4. The topological polar surface area (TPSA) is 36.4 Å². The molecule has 0 unspecified atom stereocenters. The molecule has 0 bridgehead atoms. The van der Waals surface area contributed by atoms with Crippen LogP contribution in [0.5, 0.6) is 0 Å². The Bertz CT molecular complexity index is 685. The van der Waals surface area contributed by atoms with Crippen LogP contribution in [0.25, 0.3) is 0 Å². The van der Waals surface area contributed by atoms with Gasteiger partial charge < -0.3 is 0 Å². The maximum absolute atomic E-state index is 11.7. The molecule has 0 radical (unpaired) electrons. The highest BCUT2D eigenvalue weighted by atomic mass is 32.1. The third kappa shape index (κ3) is 4.67. The molecule has 1 amide bonds. The number of aromatic nitrogens is 1. The van der Waals surface area contributed by atoms with E-state index in [2.05, 4.69) is 40.6 Å². The molecule has 1 atom stereocenters. The molecule has 2 aromatic rings. The van der Waals surface area contributed by atoms with Crippen LogP contribution in [0.1, 0.15) is 44.4 Å². The third-order valence-corrected chi connectivity index (χ3v) is 5.85. The predicted octanol–water partition coefficient (Wildman–Crippen LogP) is 4.11. The first-order valence-corrected chi connectivity index (χ1v) is 10.1. The van der Waals surface area contributed by atoms with Crippen molar-refractivity contribution in [2.45, 2.75) is 52.1 Å². The Morgan fingerprint density at radius 2 is 2.16 bits per heavy atom. The number of hydrogen-bond acceptors (Lipinski definition) is 4. The lowest BCUT2D eigenvalue weighted by molar-refractivity contribution is -0.116. The second-order valence-corrected chi connectivity index (χ2v) is 7.51. The van der Waals surface area contributed by atoms with Gasteiger partial charge in [-0.25, -0.2) is 4.98 Å². The maximum Gasteiger partial charge on any atom is 0.225 e. The molecular formula is C20H27N3OS. The zero-order valence-corrected chi connectivity index (χ0v) is 16.0. The van der Waals surface area contributed by atoms with Crippen LogP contribution in [0.15, 0.2) is 35.7 Å². The van der Waals surface area contributed by atoms with E-state index in [0.29, 0.717) is 12.6 Å². The van der Waals surface area contributed by atoms with Crippen LogP contribution in [0.3, 0.4) is 0 Å². The molecule has 1 fully saturated rings. The molecule has 4 nitrogen and oxygen atoms in total. The molecule has 5 heteroatoms. The molecule has 1 aromatic heterocycles. The normalized spacial score (nSPS) is 17.8. The van der Waals surface area contributed by atoms with Crippen molar-refractivity contribution in [3.05, 3.63) is 47.0 Å². The van der Waals surface area contributed by atoms with Crippen LogP contribution in [0.2, 0.25) is 0 Å². The third-order valence-electron chi connectivity index (χ3n) is 4.94. The summed E-state index contributed by atoms with van der Waals surface area (Å²) in [4.78, 5) is 20.7. The molecular weight excluding hydrogens is 330 g/mol. The highest BCUT2D eigenvalue weighted by Crippen LogP contribution is 2.26. The van der Waals surface area contributed by atoms with E-state index in [-0.39, 0.29) is 5.91 Å². The first-order valence-electron chi connectivity index (χ1n) is 9.18. The van der Waals surface area contributed by atoms with Crippen molar-refractivity contribution in [3.8, 4) is 0 Å². The van der Waals surface area contributed by atoms with Gasteiger partial charge in [0, 0.05) is 31.4 Å². The smallest absolute Gasteiger partial charge is 0.225 e. The summed E-state index contributed by atoms with van der Waals surface area (Å²) >= 11 is 1.57. The first-order chi connectivity index (χ1) is 12.2. The minimum atomic E-state index is 0.0605. The number of benzene rings is 1. The molecule has 0 spiro atoms. The fourth-order valence-electron chi connectivity index (χ4n) is 3.60. The molecule has 25 heavy (non-hydrogen) atoms. The van der Waals surface area contributed by atoms with Crippen LogP contribution in [-0.2, 0) is 17.8 Å². The molecule has 1 aromatic carbocycles. The lowest BCUT2D eigenvalue weighted by Gasteiger charge is -2.23. The minimum Gasteiger partial charge on any atom is -0.295 e. The average Bonchev–Trinajstić information content (AvgIpc) is 3.24. The lowest BCUT2D eigenvalue weighted by atomic mass is 10.0. The van der Waals surface area contributed by atoms with E-state index >= 15 is 0 Å². The summed E-state index contributed by atoms with van der Waals surface area (Å²) in [5.41, 5.74) is 2.51. The molecule has 0 N–H and O–H groups in total. The fraction of sp³-hybridized carbons (Fsp3) is 0.500. The minimum absolute atomic E-state index is 0.0605. The van der Waals surface area contributed by atoms with Crippen molar-refractivity contribution in [1.82, 2.24) is 9.88 Å². The molecule has 1 aliphatic heterocycles. The van der Waals surface area contributed by atoms with E-state index in [4.69, 9.17) is 4.98 Å². The van der Waals surface area contributed by atoms with E-state index in [0.717, 1.165) is 30.3 Å². The molecule has 1 saturated heterocycles. The van der Waals surface area contributed by atoms with E-state index in [1.165, 1.54) is 24.8 Å². The lowest BCUT2D eigenvalue weighted by Crippen LogP contribution is -2.30. The Kier molecular flexibility index (Phi) is 6.21. The van der Waals surface area contributed by atoms with Gasteiger partial charge in [-0.15, -0.1) is 11.3 Å². The van der Waals surface area contributed by atoms with Gasteiger partial charge in [0.2, 0.25) is 5.91 Å². The monoisotopic (exact) mass is 357 g/mol. The average molecular weight is 358 g/mol. The zero-order valence-electron chi connectivity index (χ0n) is 15.1. The SMILES string of the molecule is CCN(C(C)=O)c1nc(CN2CCC[C@H]2CCc2ccccc2)cs1. The number of hydrogen-bond donors (Lipinski definition) is 0. The number of anilines is 1. The Labute approximate surface area is 154 Å². The van der Waals surface area contributed by atoms with Gasteiger partial charge in [0.05, 0.1) is 5.69 Å². The number of likely N-dealkylation sites (tertiary alicyclic amines) is 1. The van der Waals surface area contributed by atoms with Gasteiger partial charge >= 0.3 is 0 Å². The summed E-state index contributed by atoms with van der Waals surface area (Å²) in [6.45, 7) is 6.31. The van der Waals surface area contributed by atoms with Gasteiger partial charge in [-0.1, -0.05) is 30.3 Å². The van der Waals surface area contributed by atoms with Crippen molar-refractivity contribution in [2.75, 3.05) is 18.0 Å². The molecule has 3 rings (SSSR count). The number of rotatable bonds is 7. The van der Waals surface area contributed by atoms with Gasteiger partial charge in [0.15, 0.2) is 5.13 Å². The van der Waals surface area contributed by atoms with Crippen molar-refractivity contribution in [1.29, 1.82) is 0 Å². The maximum atomic E-state index is 11.7. The van der Waals surface area contributed by atoms with Gasteiger partial charge in [-0.3, -0.25) is 14.6 Å². The molecule has 1 aliphatic rings. The number of nitrogens with zero attached hydrogens (tertiary/aromatic N) is 3. The van der Waals surface area contributed by atoms with Crippen molar-refractivity contribution in [3.63, 3.8) is 0 Å². The van der Waals surface area contributed by atoms with Crippen LogP contribution >= 0.6 is 11.3 Å². The van der Waals surface area contributed by atoms with Crippen LogP contribution < -0.4 is 4.90 Å². The summed E-state index contributed by atoms with van der Waals surface area (Å²) in [6.07, 6.45) is 4.89. The van der Waals surface area contributed by atoms with E-state index < -0.39 is 0 Å². The van der Waals surface area contributed by atoms with E-state index in [1.807, 2.05) is 6.92 Å². The van der Waals surface area contributed by atoms with Gasteiger partial charge in [0.25, 0.3) is 0 Å². The number of aryl methyl sites for hydroxylation is 1. The summed E-state index contributed by atoms with van der Waals surface area (Å²) in [5, 5.41) is 2.93. The van der Waals surface area contributed by atoms with Crippen molar-refractivity contribution < 1.29 is 4.79 Å². The molecule has 0 aliphatic carbocycles. The molecule has 2 heterocycles.